The monoisotopic (exact) mass is 395 g/mol. The second kappa shape index (κ2) is 7.21. The van der Waals surface area contributed by atoms with Gasteiger partial charge in [0.05, 0.1) is 11.7 Å². The number of hydrogen-bond donors (Lipinski definition) is 0. The highest BCUT2D eigenvalue weighted by molar-refractivity contribution is 7.89. The number of sulfonamides is 1. The van der Waals surface area contributed by atoms with Gasteiger partial charge in [-0.3, -0.25) is 4.79 Å². The van der Waals surface area contributed by atoms with Gasteiger partial charge in [-0.05, 0) is 50.7 Å². The molecule has 26 heavy (non-hydrogen) atoms. The summed E-state index contributed by atoms with van der Waals surface area (Å²) in [5, 5.41) is 0. The zero-order chi connectivity index (χ0) is 18.1. The Hall–Kier alpha value is -1.58. The zero-order valence-corrected chi connectivity index (χ0v) is 16.0. The lowest BCUT2D eigenvalue weighted by Gasteiger charge is -2.27. The van der Waals surface area contributed by atoms with E-state index in [1.165, 1.54) is 16.8 Å². The summed E-state index contributed by atoms with van der Waals surface area (Å²) in [5.74, 6) is -0.415. The number of carbonyl (C=O) groups excluding carboxylic acids is 1. The van der Waals surface area contributed by atoms with Crippen molar-refractivity contribution in [1.29, 1.82) is 0 Å². The van der Waals surface area contributed by atoms with E-state index in [1.807, 2.05) is 0 Å². The van der Waals surface area contributed by atoms with Gasteiger partial charge in [0.15, 0.2) is 0 Å². The fourth-order valence-electron chi connectivity index (χ4n) is 3.81. The second-order valence-corrected chi connectivity index (χ2v) is 9.25. The molecule has 9 heteroatoms. The normalized spacial score (nSPS) is 22.7. The maximum atomic E-state index is 13.2. The van der Waals surface area contributed by atoms with Gasteiger partial charge in [0.1, 0.15) is 28.1 Å². The van der Waals surface area contributed by atoms with E-state index in [2.05, 4.69) is 8.75 Å². The minimum atomic E-state index is -3.83. The van der Waals surface area contributed by atoms with Gasteiger partial charge in [0, 0.05) is 6.54 Å². The summed E-state index contributed by atoms with van der Waals surface area (Å²) in [6, 6.07) is 4.17. The molecule has 0 unspecified atom stereocenters. The lowest BCUT2D eigenvalue weighted by molar-refractivity contribution is -0.154. The number of esters is 1. The van der Waals surface area contributed by atoms with Gasteiger partial charge in [-0.1, -0.05) is 12.5 Å². The van der Waals surface area contributed by atoms with Crippen molar-refractivity contribution in [3.05, 3.63) is 18.2 Å². The van der Waals surface area contributed by atoms with Crippen molar-refractivity contribution in [2.45, 2.75) is 62.0 Å². The van der Waals surface area contributed by atoms with E-state index in [4.69, 9.17) is 4.74 Å². The molecule has 1 aromatic heterocycles. The van der Waals surface area contributed by atoms with Crippen LogP contribution in [0.5, 0.6) is 0 Å². The summed E-state index contributed by atoms with van der Waals surface area (Å²) < 4.78 is 41.6. The van der Waals surface area contributed by atoms with Crippen molar-refractivity contribution in [1.82, 2.24) is 13.1 Å². The third-order valence-electron chi connectivity index (χ3n) is 5.15. The molecule has 2 aliphatic rings. The van der Waals surface area contributed by atoms with E-state index < -0.39 is 22.0 Å². The molecule has 1 atom stereocenters. The highest BCUT2D eigenvalue weighted by Crippen LogP contribution is 2.31. The first kappa shape index (κ1) is 17.8. The van der Waals surface area contributed by atoms with E-state index in [-0.39, 0.29) is 11.0 Å². The summed E-state index contributed by atoms with van der Waals surface area (Å²) >= 11 is 0.981. The van der Waals surface area contributed by atoms with Gasteiger partial charge in [-0.25, -0.2) is 8.42 Å². The molecule has 2 aromatic rings. The van der Waals surface area contributed by atoms with Crippen molar-refractivity contribution in [3.63, 3.8) is 0 Å². The highest BCUT2D eigenvalue weighted by atomic mass is 32.2. The Labute approximate surface area is 156 Å². The van der Waals surface area contributed by atoms with Gasteiger partial charge < -0.3 is 4.74 Å². The smallest absolute Gasteiger partial charge is 0.324 e. The standard InChI is InChI=1S/C17H21N3O4S2/c21-17(24-12-6-2-1-3-7-12)14-9-5-11-20(14)26(22,23)15-10-4-8-13-16(15)19-25-18-13/h4,8,10,12,14H,1-3,5-7,9,11H2/t14-/m1/s1. The topological polar surface area (TPSA) is 89.5 Å². The van der Waals surface area contributed by atoms with E-state index in [1.54, 1.807) is 12.1 Å². The van der Waals surface area contributed by atoms with Crippen LogP contribution in [0, 0.1) is 0 Å². The summed E-state index contributed by atoms with van der Waals surface area (Å²) in [7, 11) is -3.83. The Kier molecular flexibility index (Phi) is 4.94. The molecular weight excluding hydrogens is 374 g/mol. The van der Waals surface area contributed by atoms with E-state index in [9.17, 15) is 13.2 Å². The Morgan fingerprint density at radius 1 is 1.12 bits per heavy atom. The summed E-state index contributed by atoms with van der Waals surface area (Å²) in [5.41, 5.74) is 0.917. The zero-order valence-electron chi connectivity index (χ0n) is 14.3. The summed E-state index contributed by atoms with van der Waals surface area (Å²) in [6.07, 6.45) is 6.10. The number of carbonyl (C=O) groups is 1. The molecule has 0 N–H and O–H groups in total. The summed E-state index contributed by atoms with van der Waals surface area (Å²) in [6.45, 7) is 0.320. The van der Waals surface area contributed by atoms with Gasteiger partial charge in [0.25, 0.3) is 0 Å². The van der Waals surface area contributed by atoms with E-state index >= 15 is 0 Å². The molecule has 7 nitrogen and oxygen atoms in total. The van der Waals surface area contributed by atoms with Gasteiger partial charge in [-0.15, -0.1) is 0 Å². The maximum Gasteiger partial charge on any atom is 0.324 e. The molecule has 4 rings (SSSR count). The molecule has 140 valence electrons. The van der Waals surface area contributed by atoms with Crippen LogP contribution in [0.3, 0.4) is 0 Å². The minimum absolute atomic E-state index is 0.0763. The van der Waals surface area contributed by atoms with Crippen LogP contribution in [0.2, 0.25) is 0 Å². The molecule has 1 aromatic carbocycles. The molecule has 1 saturated carbocycles. The molecule has 1 aliphatic heterocycles. The number of hydrogen-bond acceptors (Lipinski definition) is 7. The van der Waals surface area contributed by atoms with Crippen LogP contribution in [-0.2, 0) is 19.6 Å². The van der Waals surface area contributed by atoms with E-state index in [0.717, 1.165) is 37.4 Å². The fourth-order valence-corrected chi connectivity index (χ4v) is 6.21. The Morgan fingerprint density at radius 2 is 1.92 bits per heavy atom. The van der Waals surface area contributed by atoms with Crippen LogP contribution in [0.1, 0.15) is 44.9 Å². The molecule has 0 spiro atoms. The van der Waals surface area contributed by atoms with Crippen LogP contribution in [0.15, 0.2) is 23.1 Å². The number of fused-ring (bicyclic) bond motifs is 1. The Morgan fingerprint density at radius 3 is 2.73 bits per heavy atom. The molecule has 2 fully saturated rings. The molecule has 1 aliphatic carbocycles. The predicted octanol–water partition coefficient (Wildman–Crippen LogP) is 2.72. The number of rotatable bonds is 4. The first-order valence-electron chi connectivity index (χ1n) is 9.01. The lowest BCUT2D eigenvalue weighted by atomic mass is 9.98. The third-order valence-corrected chi connectivity index (χ3v) is 7.63. The van der Waals surface area contributed by atoms with Crippen molar-refractivity contribution in [2.75, 3.05) is 6.54 Å². The number of nitrogens with zero attached hydrogens (tertiary/aromatic N) is 3. The molecule has 2 heterocycles. The van der Waals surface area contributed by atoms with Crippen molar-refractivity contribution in [3.8, 4) is 0 Å². The molecular formula is C17H21N3O4S2. The summed E-state index contributed by atoms with van der Waals surface area (Å²) in [4.78, 5) is 12.8. The average molecular weight is 396 g/mol. The molecule has 0 amide bonds. The lowest BCUT2D eigenvalue weighted by Crippen LogP contribution is -2.42. The largest absolute Gasteiger partial charge is 0.461 e. The fraction of sp³-hybridized carbons (Fsp3) is 0.588. The van der Waals surface area contributed by atoms with Crippen LogP contribution < -0.4 is 0 Å². The van der Waals surface area contributed by atoms with Crippen molar-refractivity contribution >= 4 is 38.8 Å². The first-order valence-corrected chi connectivity index (χ1v) is 11.2. The van der Waals surface area contributed by atoms with Gasteiger partial charge in [-0.2, -0.15) is 13.1 Å². The molecule has 0 radical (unpaired) electrons. The average Bonchev–Trinajstić information content (AvgIpc) is 3.31. The quantitative estimate of drug-likeness (QED) is 0.740. The van der Waals surface area contributed by atoms with Crippen LogP contribution in [-0.4, -0.2) is 46.1 Å². The van der Waals surface area contributed by atoms with Crippen LogP contribution in [0.4, 0.5) is 0 Å². The minimum Gasteiger partial charge on any atom is -0.461 e. The van der Waals surface area contributed by atoms with Crippen molar-refractivity contribution < 1.29 is 17.9 Å². The van der Waals surface area contributed by atoms with Crippen LogP contribution >= 0.6 is 11.7 Å². The SMILES string of the molecule is O=C(OC1CCCCC1)[C@H]1CCCN1S(=O)(=O)c1cccc2nsnc12. The molecule has 0 bridgehead atoms. The predicted molar refractivity (Wildman–Crippen MR) is 97.3 cm³/mol. The Bertz CT molecular complexity index is 906. The third kappa shape index (κ3) is 3.23. The van der Waals surface area contributed by atoms with Crippen LogP contribution in [0.25, 0.3) is 11.0 Å². The number of aromatic nitrogens is 2. The highest BCUT2D eigenvalue weighted by Gasteiger charge is 2.42. The van der Waals surface area contributed by atoms with Crippen molar-refractivity contribution in [2.24, 2.45) is 0 Å². The second-order valence-electron chi connectivity index (χ2n) is 6.86. The maximum absolute atomic E-state index is 13.2. The van der Waals surface area contributed by atoms with E-state index in [0.29, 0.717) is 30.4 Å². The van der Waals surface area contributed by atoms with Gasteiger partial charge in [0.2, 0.25) is 10.0 Å². The number of benzene rings is 1. The number of ether oxygens (including phenoxy) is 1. The Balaban J connectivity index is 1.59. The van der Waals surface area contributed by atoms with Gasteiger partial charge >= 0.3 is 5.97 Å². The molecule has 1 saturated heterocycles. The first-order chi connectivity index (χ1) is 12.6.